The van der Waals surface area contributed by atoms with Crippen LogP contribution >= 0.6 is 0 Å². The van der Waals surface area contributed by atoms with Gasteiger partial charge in [0, 0.05) is 18.7 Å². The second-order valence-corrected chi connectivity index (χ2v) is 6.82. The molecule has 0 aliphatic carbocycles. The third-order valence-corrected chi connectivity index (χ3v) is 4.97. The van der Waals surface area contributed by atoms with Crippen molar-refractivity contribution in [2.24, 2.45) is 0 Å². The van der Waals surface area contributed by atoms with E-state index in [1.807, 2.05) is 29.2 Å². The smallest absolute Gasteiger partial charge is 0.242 e. The lowest BCUT2D eigenvalue weighted by molar-refractivity contribution is -0.132. The number of aryl methyl sites for hydroxylation is 1. The van der Waals surface area contributed by atoms with Gasteiger partial charge < -0.3 is 9.47 Å². The first-order chi connectivity index (χ1) is 12.2. The van der Waals surface area contributed by atoms with Crippen LogP contribution in [0.5, 0.6) is 0 Å². The number of piperidine rings is 1. The number of likely N-dealkylation sites (tertiary alicyclic amines) is 1. The minimum atomic E-state index is 0.191. The average Bonchev–Trinajstić information content (AvgIpc) is 3.02. The van der Waals surface area contributed by atoms with Crippen molar-refractivity contribution in [3.8, 4) is 11.4 Å². The molecule has 4 heteroatoms. The number of amides is 1. The molecule has 3 aromatic rings. The van der Waals surface area contributed by atoms with Crippen molar-refractivity contribution in [3.05, 3.63) is 54.1 Å². The van der Waals surface area contributed by atoms with Crippen LogP contribution in [0.25, 0.3) is 22.4 Å². The minimum absolute atomic E-state index is 0.191. The normalized spacial score (nSPS) is 14.8. The maximum atomic E-state index is 12.8. The highest BCUT2D eigenvalue weighted by Gasteiger charge is 2.20. The molecule has 0 radical (unpaired) electrons. The first kappa shape index (κ1) is 15.9. The number of nitrogens with zero attached hydrogens (tertiary/aromatic N) is 3. The Labute approximate surface area is 148 Å². The zero-order valence-corrected chi connectivity index (χ0v) is 14.6. The Bertz CT molecular complexity index is 889. The van der Waals surface area contributed by atoms with Crippen LogP contribution in [0.1, 0.15) is 24.8 Å². The second-order valence-electron chi connectivity index (χ2n) is 6.82. The molecule has 1 aliphatic heterocycles. The number of carbonyl (C=O) groups excluding carboxylic acids is 1. The van der Waals surface area contributed by atoms with Crippen LogP contribution in [-0.2, 0) is 11.3 Å². The quantitative estimate of drug-likeness (QED) is 0.726. The summed E-state index contributed by atoms with van der Waals surface area (Å²) in [6.07, 6.45) is 3.45. The van der Waals surface area contributed by atoms with Gasteiger partial charge in [-0.05, 0) is 38.3 Å². The molecule has 1 aliphatic rings. The standard InChI is InChI=1S/C21H23N3O/c1-16-9-11-17(12-10-16)21-22-18-7-3-4-8-19(18)24(21)15-20(25)23-13-5-2-6-14-23/h3-4,7-12H,2,5-6,13-15H2,1H3. The lowest BCUT2D eigenvalue weighted by atomic mass is 10.1. The number of carbonyl (C=O) groups is 1. The van der Waals surface area contributed by atoms with E-state index in [4.69, 9.17) is 4.98 Å². The van der Waals surface area contributed by atoms with Crippen LogP contribution in [-0.4, -0.2) is 33.4 Å². The van der Waals surface area contributed by atoms with Crippen LogP contribution < -0.4 is 0 Å². The number of fused-ring (bicyclic) bond motifs is 1. The van der Waals surface area contributed by atoms with E-state index in [1.54, 1.807) is 0 Å². The van der Waals surface area contributed by atoms with Gasteiger partial charge in [0.25, 0.3) is 0 Å². The number of imidazole rings is 1. The summed E-state index contributed by atoms with van der Waals surface area (Å²) in [5.74, 6) is 1.06. The van der Waals surface area contributed by atoms with Crippen molar-refractivity contribution < 1.29 is 4.79 Å². The molecular weight excluding hydrogens is 310 g/mol. The highest BCUT2D eigenvalue weighted by molar-refractivity contribution is 5.84. The van der Waals surface area contributed by atoms with Gasteiger partial charge in [-0.15, -0.1) is 0 Å². The van der Waals surface area contributed by atoms with Gasteiger partial charge in [0.15, 0.2) is 0 Å². The van der Waals surface area contributed by atoms with E-state index in [9.17, 15) is 4.79 Å². The molecule has 128 valence electrons. The lowest BCUT2D eigenvalue weighted by Crippen LogP contribution is -2.37. The number of hydrogen-bond acceptors (Lipinski definition) is 2. The summed E-state index contributed by atoms with van der Waals surface area (Å²) in [5, 5.41) is 0. The molecule has 0 N–H and O–H groups in total. The summed E-state index contributed by atoms with van der Waals surface area (Å²) in [4.78, 5) is 19.6. The van der Waals surface area contributed by atoms with Crippen molar-refractivity contribution in [3.63, 3.8) is 0 Å². The van der Waals surface area contributed by atoms with E-state index in [1.165, 1.54) is 12.0 Å². The first-order valence-corrected chi connectivity index (χ1v) is 9.02. The molecule has 1 aromatic heterocycles. The largest absolute Gasteiger partial charge is 0.341 e. The van der Waals surface area contributed by atoms with Gasteiger partial charge in [0.05, 0.1) is 11.0 Å². The monoisotopic (exact) mass is 333 g/mol. The molecule has 0 atom stereocenters. The Morgan fingerprint density at radius 3 is 2.48 bits per heavy atom. The van der Waals surface area contributed by atoms with Crippen LogP contribution in [0.3, 0.4) is 0 Å². The van der Waals surface area contributed by atoms with Gasteiger partial charge in [0.2, 0.25) is 5.91 Å². The fourth-order valence-corrected chi connectivity index (χ4v) is 3.54. The summed E-state index contributed by atoms with van der Waals surface area (Å²) < 4.78 is 2.07. The van der Waals surface area contributed by atoms with E-state index < -0.39 is 0 Å². The lowest BCUT2D eigenvalue weighted by Gasteiger charge is -2.27. The van der Waals surface area contributed by atoms with E-state index in [0.29, 0.717) is 6.54 Å². The van der Waals surface area contributed by atoms with Crippen LogP contribution in [0.15, 0.2) is 48.5 Å². The zero-order chi connectivity index (χ0) is 17.2. The van der Waals surface area contributed by atoms with Crippen molar-refractivity contribution >= 4 is 16.9 Å². The second kappa shape index (κ2) is 6.71. The van der Waals surface area contributed by atoms with Crippen molar-refractivity contribution in [1.82, 2.24) is 14.5 Å². The molecule has 0 saturated carbocycles. The third-order valence-electron chi connectivity index (χ3n) is 4.97. The molecular formula is C21H23N3O. The topological polar surface area (TPSA) is 38.1 Å². The minimum Gasteiger partial charge on any atom is -0.341 e. The molecule has 2 aromatic carbocycles. The van der Waals surface area contributed by atoms with Gasteiger partial charge in [-0.25, -0.2) is 4.98 Å². The van der Waals surface area contributed by atoms with E-state index >= 15 is 0 Å². The summed E-state index contributed by atoms with van der Waals surface area (Å²) >= 11 is 0. The van der Waals surface area contributed by atoms with Crippen LogP contribution in [0.2, 0.25) is 0 Å². The van der Waals surface area contributed by atoms with Gasteiger partial charge in [-0.1, -0.05) is 42.0 Å². The van der Waals surface area contributed by atoms with E-state index in [-0.39, 0.29) is 5.91 Å². The molecule has 1 saturated heterocycles. The van der Waals surface area contributed by atoms with Gasteiger partial charge in [-0.2, -0.15) is 0 Å². The molecule has 1 fully saturated rings. The molecule has 4 nitrogen and oxygen atoms in total. The van der Waals surface area contributed by atoms with Crippen molar-refractivity contribution in [1.29, 1.82) is 0 Å². The summed E-state index contributed by atoms with van der Waals surface area (Å²) in [6.45, 7) is 4.19. The van der Waals surface area contributed by atoms with Crippen molar-refractivity contribution in [2.45, 2.75) is 32.7 Å². The number of hydrogen-bond donors (Lipinski definition) is 0. The number of para-hydroxylation sites is 2. The van der Waals surface area contributed by atoms with Crippen LogP contribution in [0, 0.1) is 6.92 Å². The molecule has 0 unspecified atom stereocenters. The Kier molecular flexibility index (Phi) is 4.26. The third kappa shape index (κ3) is 3.16. The molecule has 0 bridgehead atoms. The van der Waals surface area contributed by atoms with Crippen molar-refractivity contribution in [2.75, 3.05) is 13.1 Å². The van der Waals surface area contributed by atoms with Gasteiger partial charge >= 0.3 is 0 Å². The summed E-state index contributed by atoms with van der Waals surface area (Å²) in [7, 11) is 0. The molecule has 25 heavy (non-hydrogen) atoms. The molecule has 2 heterocycles. The molecule has 4 rings (SSSR count). The van der Waals surface area contributed by atoms with Gasteiger partial charge in [0.1, 0.15) is 12.4 Å². The first-order valence-electron chi connectivity index (χ1n) is 9.02. The molecule has 1 amide bonds. The fraction of sp³-hybridized carbons (Fsp3) is 0.333. The highest BCUT2D eigenvalue weighted by atomic mass is 16.2. The van der Waals surface area contributed by atoms with Gasteiger partial charge in [-0.3, -0.25) is 4.79 Å². The Morgan fingerprint density at radius 2 is 1.72 bits per heavy atom. The summed E-state index contributed by atoms with van der Waals surface area (Å²) in [6, 6.07) is 16.4. The van der Waals surface area contributed by atoms with E-state index in [0.717, 1.165) is 48.4 Å². The Hall–Kier alpha value is -2.62. The summed E-state index contributed by atoms with van der Waals surface area (Å²) in [5.41, 5.74) is 4.22. The SMILES string of the molecule is Cc1ccc(-c2nc3ccccc3n2CC(=O)N2CCCCC2)cc1. The Balaban J connectivity index is 1.74. The fourth-order valence-electron chi connectivity index (χ4n) is 3.54. The Morgan fingerprint density at radius 1 is 1.00 bits per heavy atom. The predicted octanol–water partition coefficient (Wildman–Crippen LogP) is 4.02. The maximum absolute atomic E-state index is 12.8. The maximum Gasteiger partial charge on any atom is 0.242 e. The molecule has 0 spiro atoms. The van der Waals surface area contributed by atoms with Crippen LogP contribution in [0.4, 0.5) is 0 Å². The predicted molar refractivity (Wildman–Crippen MR) is 100 cm³/mol. The van der Waals surface area contributed by atoms with E-state index in [2.05, 4.69) is 35.8 Å². The number of rotatable bonds is 3. The zero-order valence-electron chi connectivity index (χ0n) is 14.6. The highest BCUT2D eigenvalue weighted by Crippen LogP contribution is 2.25. The number of aromatic nitrogens is 2. The number of benzene rings is 2. The average molecular weight is 333 g/mol.